The normalized spacial score (nSPS) is 24.9. The first-order valence-electron chi connectivity index (χ1n) is 7.79. The monoisotopic (exact) mass is 238 g/mol. The van der Waals surface area contributed by atoms with Crippen LogP contribution >= 0.6 is 0 Å². The van der Waals surface area contributed by atoms with Crippen LogP contribution in [0.5, 0.6) is 0 Å². The van der Waals surface area contributed by atoms with Crippen molar-refractivity contribution in [1.29, 1.82) is 0 Å². The Morgan fingerprint density at radius 3 is 2.24 bits per heavy atom. The fourth-order valence-electron chi connectivity index (χ4n) is 3.52. The second-order valence-electron chi connectivity index (χ2n) is 6.12. The molecule has 100 valence electrons. The van der Waals surface area contributed by atoms with Gasteiger partial charge in [-0.1, -0.05) is 39.0 Å². The van der Waals surface area contributed by atoms with Gasteiger partial charge in [-0.05, 0) is 38.6 Å². The van der Waals surface area contributed by atoms with Crippen molar-refractivity contribution in [2.75, 3.05) is 13.1 Å². The van der Waals surface area contributed by atoms with Crippen LogP contribution in [0.3, 0.4) is 0 Å². The van der Waals surface area contributed by atoms with E-state index < -0.39 is 0 Å². The molecule has 0 aromatic rings. The summed E-state index contributed by atoms with van der Waals surface area (Å²) in [6.45, 7) is 4.47. The number of nitrogens with zero attached hydrogens (tertiary/aromatic N) is 1. The lowest BCUT2D eigenvalue weighted by molar-refractivity contribution is 0.0677. The van der Waals surface area contributed by atoms with Gasteiger partial charge in [0.05, 0.1) is 0 Å². The number of nitrogens with two attached hydrogens (primary N) is 1. The van der Waals surface area contributed by atoms with Crippen molar-refractivity contribution in [2.24, 2.45) is 5.73 Å². The van der Waals surface area contributed by atoms with Gasteiger partial charge in [0.15, 0.2) is 0 Å². The summed E-state index contributed by atoms with van der Waals surface area (Å²) in [7, 11) is 0. The summed E-state index contributed by atoms with van der Waals surface area (Å²) >= 11 is 0. The van der Waals surface area contributed by atoms with Crippen LogP contribution in [-0.2, 0) is 0 Å². The Labute approximate surface area is 107 Å². The Balaban J connectivity index is 2.04. The third-order valence-corrected chi connectivity index (χ3v) is 4.76. The molecule has 0 radical (unpaired) electrons. The Kier molecular flexibility index (Phi) is 4.87. The molecule has 0 heterocycles. The minimum absolute atomic E-state index is 0.368. The number of unbranched alkanes of at least 4 members (excludes halogenated alkanes) is 1. The Hall–Kier alpha value is -0.0800. The molecule has 0 spiro atoms. The second-order valence-corrected chi connectivity index (χ2v) is 6.12. The van der Waals surface area contributed by atoms with E-state index in [1.807, 2.05) is 0 Å². The van der Waals surface area contributed by atoms with Crippen molar-refractivity contribution in [3.63, 3.8) is 0 Å². The zero-order valence-electron chi connectivity index (χ0n) is 11.6. The topological polar surface area (TPSA) is 29.3 Å². The summed E-state index contributed by atoms with van der Waals surface area (Å²) < 4.78 is 0. The third-order valence-electron chi connectivity index (χ3n) is 4.76. The molecule has 0 aliphatic heterocycles. The summed E-state index contributed by atoms with van der Waals surface area (Å²) in [6.07, 6.45) is 13.8. The molecule has 2 aliphatic carbocycles. The lowest BCUT2D eigenvalue weighted by Gasteiger charge is -2.44. The van der Waals surface area contributed by atoms with Crippen LogP contribution in [-0.4, -0.2) is 29.6 Å². The molecule has 0 amide bonds. The summed E-state index contributed by atoms with van der Waals surface area (Å²) in [6, 6.07) is 0.878. The van der Waals surface area contributed by atoms with E-state index in [0.29, 0.717) is 5.54 Å². The van der Waals surface area contributed by atoms with E-state index in [2.05, 4.69) is 11.8 Å². The summed E-state index contributed by atoms with van der Waals surface area (Å²) in [5.74, 6) is 0. The van der Waals surface area contributed by atoms with Crippen LogP contribution < -0.4 is 5.73 Å². The Morgan fingerprint density at radius 1 is 1.12 bits per heavy atom. The molecule has 17 heavy (non-hydrogen) atoms. The van der Waals surface area contributed by atoms with Gasteiger partial charge in [0.25, 0.3) is 0 Å². The molecule has 2 N–H and O–H groups in total. The van der Waals surface area contributed by atoms with Gasteiger partial charge in [-0.3, -0.25) is 4.90 Å². The number of hydrogen-bond acceptors (Lipinski definition) is 2. The van der Waals surface area contributed by atoms with Gasteiger partial charge in [0.1, 0.15) is 0 Å². The van der Waals surface area contributed by atoms with E-state index in [-0.39, 0.29) is 0 Å². The fraction of sp³-hybridized carbons (Fsp3) is 1.00. The van der Waals surface area contributed by atoms with Gasteiger partial charge in [0, 0.05) is 18.1 Å². The predicted octanol–water partition coefficient (Wildman–Crippen LogP) is 3.30. The van der Waals surface area contributed by atoms with Crippen LogP contribution in [0.2, 0.25) is 0 Å². The zero-order valence-corrected chi connectivity index (χ0v) is 11.6. The zero-order chi connectivity index (χ0) is 12.1. The number of hydrogen-bond donors (Lipinski definition) is 1. The highest BCUT2D eigenvalue weighted by Crippen LogP contribution is 2.39. The SMILES string of the molecule is CCCCN(C1CC1)C1(CN)CCCCCC1. The molecule has 2 heteroatoms. The van der Waals surface area contributed by atoms with E-state index in [0.717, 1.165) is 12.6 Å². The van der Waals surface area contributed by atoms with Gasteiger partial charge in [-0.2, -0.15) is 0 Å². The van der Waals surface area contributed by atoms with E-state index in [4.69, 9.17) is 5.73 Å². The van der Waals surface area contributed by atoms with E-state index in [9.17, 15) is 0 Å². The van der Waals surface area contributed by atoms with Gasteiger partial charge in [-0.15, -0.1) is 0 Å². The Morgan fingerprint density at radius 2 is 1.76 bits per heavy atom. The highest BCUT2D eigenvalue weighted by Gasteiger charge is 2.42. The molecule has 2 aliphatic rings. The molecule has 0 bridgehead atoms. The first-order valence-corrected chi connectivity index (χ1v) is 7.79. The molecule has 2 fully saturated rings. The molecule has 0 atom stereocenters. The van der Waals surface area contributed by atoms with Crippen LogP contribution in [0.4, 0.5) is 0 Å². The second kappa shape index (κ2) is 6.19. The van der Waals surface area contributed by atoms with Crippen LogP contribution in [0.1, 0.15) is 71.1 Å². The standard InChI is InChI=1S/C15H30N2/c1-2-3-12-17(14-8-9-14)15(13-16)10-6-4-5-7-11-15/h14H,2-13,16H2,1H3. The molecular weight excluding hydrogens is 208 g/mol. The summed E-state index contributed by atoms with van der Waals surface area (Å²) in [5, 5.41) is 0. The van der Waals surface area contributed by atoms with Gasteiger partial charge in [0.2, 0.25) is 0 Å². The molecule has 2 nitrogen and oxygen atoms in total. The van der Waals surface area contributed by atoms with Crippen molar-refractivity contribution in [3.8, 4) is 0 Å². The minimum atomic E-state index is 0.368. The van der Waals surface area contributed by atoms with E-state index in [1.165, 1.54) is 70.8 Å². The quantitative estimate of drug-likeness (QED) is 0.719. The smallest absolute Gasteiger partial charge is 0.0334 e. The number of rotatable bonds is 6. The van der Waals surface area contributed by atoms with E-state index in [1.54, 1.807) is 0 Å². The maximum atomic E-state index is 6.20. The maximum absolute atomic E-state index is 6.20. The lowest BCUT2D eigenvalue weighted by atomic mass is 9.87. The largest absolute Gasteiger partial charge is 0.329 e. The maximum Gasteiger partial charge on any atom is 0.0334 e. The van der Waals surface area contributed by atoms with Crippen molar-refractivity contribution in [3.05, 3.63) is 0 Å². The van der Waals surface area contributed by atoms with Gasteiger partial charge in [-0.25, -0.2) is 0 Å². The molecule has 2 saturated carbocycles. The molecule has 0 saturated heterocycles. The first kappa shape index (κ1) is 13.4. The molecule has 0 aromatic heterocycles. The van der Waals surface area contributed by atoms with Crippen molar-refractivity contribution in [1.82, 2.24) is 4.90 Å². The average Bonchev–Trinajstić information content (AvgIpc) is 3.16. The van der Waals surface area contributed by atoms with E-state index >= 15 is 0 Å². The molecule has 0 unspecified atom stereocenters. The minimum Gasteiger partial charge on any atom is -0.329 e. The van der Waals surface area contributed by atoms with Crippen molar-refractivity contribution in [2.45, 2.75) is 82.7 Å². The van der Waals surface area contributed by atoms with Crippen molar-refractivity contribution < 1.29 is 0 Å². The molecule has 2 rings (SSSR count). The molecular formula is C15H30N2. The highest BCUT2D eigenvalue weighted by atomic mass is 15.3. The average molecular weight is 238 g/mol. The summed E-state index contributed by atoms with van der Waals surface area (Å²) in [5.41, 5.74) is 6.57. The molecule has 0 aromatic carbocycles. The van der Waals surface area contributed by atoms with Gasteiger partial charge < -0.3 is 5.73 Å². The summed E-state index contributed by atoms with van der Waals surface area (Å²) in [4.78, 5) is 2.82. The Bertz CT molecular complexity index is 215. The third kappa shape index (κ3) is 3.23. The van der Waals surface area contributed by atoms with Gasteiger partial charge >= 0.3 is 0 Å². The fourth-order valence-corrected chi connectivity index (χ4v) is 3.52. The first-order chi connectivity index (χ1) is 8.32. The lowest BCUT2D eigenvalue weighted by Crippen LogP contribution is -2.55. The van der Waals surface area contributed by atoms with Crippen LogP contribution in [0.15, 0.2) is 0 Å². The highest BCUT2D eigenvalue weighted by molar-refractivity contribution is 4.99. The van der Waals surface area contributed by atoms with Crippen LogP contribution in [0, 0.1) is 0 Å². The van der Waals surface area contributed by atoms with Crippen molar-refractivity contribution >= 4 is 0 Å². The van der Waals surface area contributed by atoms with Crippen LogP contribution in [0.25, 0.3) is 0 Å². The predicted molar refractivity (Wildman–Crippen MR) is 74.1 cm³/mol.